The van der Waals surface area contributed by atoms with Crippen molar-refractivity contribution in [1.82, 2.24) is 9.62 Å². The maximum absolute atomic E-state index is 12.0. The highest BCUT2D eigenvalue weighted by Gasteiger charge is 2.14. The molecule has 1 saturated heterocycles. The molecule has 0 saturated carbocycles. The molecule has 0 amide bonds. The largest absolute Gasteiger partial charge is 0.379 e. The van der Waals surface area contributed by atoms with E-state index in [1.165, 1.54) is 0 Å². The van der Waals surface area contributed by atoms with Crippen LogP contribution in [0.2, 0.25) is 0 Å². The Morgan fingerprint density at radius 2 is 1.73 bits per heavy atom. The van der Waals surface area contributed by atoms with Crippen LogP contribution in [0.3, 0.4) is 0 Å². The predicted molar refractivity (Wildman–Crippen MR) is 89.6 cm³/mol. The Morgan fingerprint density at radius 1 is 1.14 bits per heavy atom. The van der Waals surface area contributed by atoms with E-state index in [9.17, 15) is 8.42 Å². The van der Waals surface area contributed by atoms with Gasteiger partial charge < -0.3 is 4.74 Å². The highest BCUT2D eigenvalue weighted by molar-refractivity contribution is 7.89. The SMILES string of the molecule is CC.Cc1ccc(S(=O)(=O)NCCCN2CCOCC2)cc1. The lowest BCUT2D eigenvalue weighted by Crippen LogP contribution is -2.38. The lowest BCUT2D eigenvalue weighted by atomic mass is 10.2. The third-order valence-corrected chi connectivity index (χ3v) is 4.86. The Hall–Kier alpha value is -0.950. The number of sulfonamides is 1. The number of hydrogen-bond acceptors (Lipinski definition) is 4. The molecule has 0 atom stereocenters. The van der Waals surface area contributed by atoms with E-state index in [2.05, 4.69) is 9.62 Å². The van der Waals surface area contributed by atoms with Crippen LogP contribution in [0.15, 0.2) is 29.2 Å². The zero-order valence-corrected chi connectivity index (χ0v) is 14.7. The number of nitrogens with one attached hydrogen (secondary N) is 1. The summed E-state index contributed by atoms with van der Waals surface area (Å²) < 4.78 is 32.0. The number of ether oxygens (including phenoxy) is 1. The van der Waals surface area contributed by atoms with Gasteiger partial charge >= 0.3 is 0 Å². The first-order valence-corrected chi connectivity index (χ1v) is 9.43. The summed E-state index contributed by atoms with van der Waals surface area (Å²) in [5.74, 6) is 0. The molecular formula is C16H28N2O3S. The second-order valence-corrected chi connectivity index (χ2v) is 6.79. The fourth-order valence-electron chi connectivity index (χ4n) is 2.13. The number of hydrogen-bond donors (Lipinski definition) is 1. The van der Waals surface area contributed by atoms with Crippen LogP contribution in [0.4, 0.5) is 0 Å². The minimum Gasteiger partial charge on any atom is -0.379 e. The summed E-state index contributed by atoms with van der Waals surface area (Å²) in [6, 6.07) is 6.89. The molecule has 0 aliphatic carbocycles. The molecule has 0 bridgehead atoms. The van der Waals surface area contributed by atoms with E-state index in [1.54, 1.807) is 12.1 Å². The van der Waals surface area contributed by atoms with E-state index < -0.39 is 10.0 Å². The first-order chi connectivity index (χ1) is 10.6. The smallest absolute Gasteiger partial charge is 0.240 e. The molecule has 1 aliphatic heterocycles. The van der Waals surface area contributed by atoms with Gasteiger partial charge in [-0.3, -0.25) is 4.90 Å². The minimum atomic E-state index is -3.37. The summed E-state index contributed by atoms with van der Waals surface area (Å²) in [5.41, 5.74) is 1.05. The summed E-state index contributed by atoms with van der Waals surface area (Å²) in [6.45, 7) is 10.7. The van der Waals surface area contributed by atoms with Crippen LogP contribution in [-0.2, 0) is 14.8 Å². The summed E-state index contributed by atoms with van der Waals surface area (Å²) >= 11 is 0. The van der Waals surface area contributed by atoms with Crippen molar-refractivity contribution in [1.29, 1.82) is 0 Å². The first kappa shape index (κ1) is 19.1. The quantitative estimate of drug-likeness (QED) is 0.812. The molecule has 1 aromatic carbocycles. The summed E-state index contributed by atoms with van der Waals surface area (Å²) in [7, 11) is -3.37. The fraction of sp³-hybridized carbons (Fsp3) is 0.625. The van der Waals surface area contributed by atoms with E-state index in [0.29, 0.717) is 11.4 Å². The zero-order valence-electron chi connectivity index (χ0n) is 13.8. The van der Waals surface area contributed by atoms with Gasteiger partial charge in [-0.2, -0.15) is 0 Å². The summed E-state index contributed by atoms with van der Waals surface area (Å²) in [6.07, 6.45) is 0.811. The van der Waals surface area contributed by atoms with Crippen LogP contribution in [0.1, 0.15) is 25.8 Å². The van der Waals surface area contributed by atoms with E-state index in [0.717, 1.165) is 44.8 Å². The van der Waals surface area contributed by atoms with Crippen molar-refractivity contribution in [3.63, 3.8) is 0 Å². The van der Waals surface area contributed by atoms with Crippen LogP contribution in [0.25, 0.3) is 0 Å². The Labute approximate surface area is 134 Å². The van der Waals surface area contributed by atoms with Gasteiger partial charge in [0.25, 0.3) is 0 Å². The molecule has 0 aromatic heterocycles. The summed E-state index contributed by atoms with van der Waals surface area (Å²) in [4.78, 5) is 2.62. The van der Waals surface area contributed by atoms with Crippen LogP contribution in [0, 0.1) is 6.92 Å². The zero-order chi connectivity index (χ0) is 16.4. The van der Waals surface area contributed by atoms with Crippen molar-refractivity contribution in [3.05, 3.63) is 29.8 Å². The Bertz CT molecular complexity index is 509. The van der Waals surface area contributed by atoms with Gasteiger partial charge in [-0.1, -0.05) is 31.5 Å². The molecule has 1 aromatic rings. The topological polar surface area (TPSA) is 58.6 Å². The lowest BCUT2D eigenvalue weighted by molar-refractivity contribution is 0.0376. The lowest BCUT2D eigenvalue weighted by Gasteiger charge is -2.26. The Morgan fingerprint density at radius 3 is 2.32 bits per heavy atom. The first-order valence-electron chi connectivity index (χ1n) is 7.94. The number of rotatable bonds is 6. The van der Waals surface area contributed by atoms with Crippen LogP contribution < -0.4 is 4.72 Å². The van der Waals surface area contributed by atoms with Crippen molar-refractivity contribution >= 4 is 10.0 Å². The number of morpholine rings is 1. The van der Waals surface area contributed by atoms with E-state index in [4.69, 9.17) is 4.74 Å². The van der Waals surface area contributed by atoms with Gasteiger partial charge in [-0.05, 0) is 32.0 Å². The third-order valence-electron chi connectivity index (χ3n) is 3.38. The van der Waals surface area contributed by atoms with Gasteiger partial charge in [0.05, 0.1) is 18.1 Å². The second-order valence-electron chi connectivity index (χ2n) is 5.02. The van der Waals surface area contributed by atoms with Crippen LogP contribution in [0.5, 0.6) is 0 Å². The average molecular weight is 328 g/mol. The van der Waals surface area contributed by atoms with E-state index in [-0.39, 0.29) is 0 Å². The molecule has 1 heterocycles. The molecule has 0 radical (unpaired) electrons. The molecule has 0 spiro atoms. The molecule has 1 N–H and O–H groups in total. The van der Waals surface area contributed by atoms with Crippen molar-refractivity contribution in [2.75, 3.05) is 39.4 Å². The van der Waals surface area contributed by atoms with Crippen LogP contribution >= 0.6 is 0 Å². The molecule has 1 aliphatic rings. The summed E-state index contributed by atoms with van der Waals surface area (Å²) in [5, 5.41) is 0. The number of aryl methyl sites for hydroxylation is 1. The molecule has 6 heteroatoms. The molecule has 0 unspecified atom stereocenters. The normalized spacial score (nSPS) is 16.0. The molecular weight excluding hydrogens is 300 g/mol. The monoisotopic (exact) mass is 328 g/mol. The maximum atomic E-state index is 12.0. The van der Waals surface area contributed by atoms with Gasteiger partial charge in [0.1, 0.15) is 0 Å². The van der Waals surface area contributed by atoms with Gasteiger partial charge in [0, 0.05) is 19.6 Å². The molecule has 22 heavy (non-hydrogen) atoms. The number of benzene rings is 1. The third kappa shape index (κ3) is 6.44. The van der Waals surface area contributed by atoms with Gasteiger partial charge in [-0.15, -0.1) is 0 Å². The van der Waals surface area contributed by atoms with Crippen molar-refractivity contribution in [2.24, 2.45) is 0 Å². The highest BCUT2D eigenvalue weighted by atomic mass is 32.2. The Kier molecular flexibility index (Phi) is 8.63. The highest BCUT2D eigenvalue weighted by Crippen LogP contribution is 2.09. The molecule has 126 valence electrons. The van der Waals surface area contributed by atoms with E-state index >= 15 is 0 Å². The standard InChI is InChI=1S/C14H22N2O3S.C2H6/c1-13-3-5-14(6-4-13)20(17,18)15-7-2-8-16-9-11-19-12-10-16;1-2/h3-6,15H,2,7-12H2,1H3;1-2H3. The molecule has 1 fully saturated rings. The minimum absolute atomic E-state index is 0.328. The van der Waals surface area contributed by atoms with E-state index in [1.807, 2.05) is 32.9 Å². The van der Waals surface area contributed by atoms with Gasteiger partial charge in [-0.25, -0.2) is 13.1 Å². The average Bonchev–Trinajstić information content (AvgIpc) is 2.55. The second kappa shape index (κ2) is 9.94. The van der Waals surface area contributed by atoms with Crippen molar-refractivity contribution in [3.8, 4) is 0 Å². The number of nitrogens with zero attached hydrogens (tertiary/aromatic N) is 1. The Balaban J connectivity index is 0.00000116. The van der Waals surface area contributed by atoms with Crippen LogP contribution in [-0.4, -0.2) is 52.7 Å². The predicted octanol–water partition coefficient (Wildman–Crippen LogP) is 2.02. The van der Waals surface area contributed by atoms with Gasteiger partial charge in [0.15, 0.2) is 0 Å². The molecule has 2 rings (SSSR count). The van der Waals surface area contributed by atoms with Crippen molar-refractivity contribution < 1.29 is 13.2 Å². The van der Waals surface area contributed by atoms with Gasteiger partial charge in [0.2, 0.25) is 10.0 Å². The van der Waals surface area contributed by atoms with Crippen molar-refractivity contribution in [2.45, 2.75) is 32.1 Å². The maximum Gasteiger partial charge on any atom is 0.240 e. The molecule has 5 nitrogen and oxygen atoms in total. The fourth-order valence-corrected chi connectivity index (χ4v) is 3.21.